The highest BCUT2D eigenvalue weighted by molar-refractivity contribution is 5.84. The zero-order chi connectivity index (χ0) is 17.6. The van der Waals surface area contributed by atoms with Gasteiger partial charge in [-0.25, -0.2) is 0 Å². The number of hydrogen-bond donors (Lipinski definition) is 0. The highest BCUT2D eigenvalue weighted by atomic mass is 16.5. The summed E-state index contributed by atoms with van der Waals surface area (Å²) in [5.41, 5.74) is 4.91. The maximum Gasteiger partial charge on any atom is 0.136 e. The highest BCUT2D eigenvalue weighted by Crippen LogP contribution is 2.25. The van der Waals surface area contributed by atoms with Crippen molar-refractivity contribution >= 4 is 11.4 Å². The largest absolute Gasteiger partial charge is 0.496 e. The number of carbonyl (C=O) groups excluding carboxylic acids is 1. The van der Waals surface area contributed by atoms with Crippen LogP contribution in [0.5, 0.6) is 0 Å². The van der Waals surface area contributed by atoms with Crippen molar-refractivity contribution in [2.45, 2.75) is 33.6 Å². The van der Waals surface area contributed by atoms with E-state index in [2.05, 4.69) is 13.2 Å². The van der Waals surface area contributed by atoms with Crippen LogP contribution >= 0.6 is 0 Å². The molecule has 0 aliphatic carbocycles. The number of ether oxygens (including phenoxy) is 1. The second-order valence-corrected chi connectivity index (χ2v) is 5.74. The van der Waals surface area contributed by atoms with Crippen LogP contribution in [0.3, 0.4) is 0 Å². The molecule has 1 aromatic carbocycles. The van der Waals surface area contributed by atoms with Crippen molar-refractivity contribution in [3.05, 3.63) is 77.6 Å². The molecule has 0 bridgehead atoms. The molecule has 0 fully saturated rings. The van der Waals surface area contributed by atoms with Crippen molar-refractivity contribution in [1.82, 2.24) is 0 Å². The molecule has 2 nitrogen and oxygen atoms in total. The van der Waals surface area contributed by atoms with E-state index < -0.39 is 0 Å². The van der Waals surface area contributed by atoms with Crippen LogP contribution in [0.2, 0.25) is 0 Å². The first-order chi connectivity index (χ1) is 10.8. The molecule has 0 aliphatic rings. The Hall–Kier alpha value is -2.35. The van der Waals surface area contributed by atoms with Crippen LogP contribution in [-0.2, 0) is 9.53 Å². The SMILES string of the molecule is C=C/C(=C\C(OC)=C(\C)C(=C)C)c1cccc([C@H](C)C(C)=O)c1. The van der Waals surface area contributed by atoms with Gasteiger partial charge in [-0.05, 0) is 49.1 Å². The molecule has 0 spiro atoms. The molecule has 1 rings (SSSR count). The molecule has 0 amide bonds. The van der Waals surface area contributed by atoms with Gasteiger partial charge in [0.1, 0.15) is 11.5 Å². The Morgan fingerprint density at radius 3 is 2.39 bits per heavy atom. The van der Waals surface area contributed by atoms with E-state index in [-0.39, 0.29) is 11.7 Å². The van der Waals surface area contributed by atoms with E-state index in [1.165, 1.54) is 0 Å². The minimum Gasteiger partial charge on any atom is -0.496 e. The van der Waals surface area contributed by atoms with Crippen molar-refractivity contribution in [2.24, 2.45) is 0 Å². The molecular formula is C21H26O2. The minimum absolute atomic E-state index is 0.115. The van der Waals surface area contributed by atoms with Gasteiger partial charge in [-0.1, -0.05) is 56.0 Å². The van der Waals surface area contributed by atoms with E-state index in [4.69, 9.17) is 4.74 Å². The smallest absolute Gasteiger partial charge is 0.136 e. The molecule has 1 aromatic rings. The Labute approximate surface area is 139 Å². The third kappa shape index (κ3) is 4.82. The van der Waals surface area contributed by atoms with Gasteiger partial charge in [0, 0.05) is 5.92 Å². The number of hydrogen-bond acceptors (Lipinski definition) is 2. The van der Waals surface area contributed by atoms with E-state index in [1.54, 1.807) is 20.1 Å². The van der Waals surface area contributed by atoms with E-state index in [9.17, 15) is 4.79 Å². The Morgan fingerprint density at radius 1 is 1.26 bits per heavy atom. The lowest BCUT2D eigenvalue weighted by atomic mass is 9.93. The van der Waals surface area contributed by atoms with Crippen LogP contribution in [0, 0.1) is 0 Å². The van der Waals surface area contributed by atoms with Crippen molar-refractivity contribution in [1.29, 1.82) is 0 Å². The van der Waals surface area contributed by atoms with Gasteiger partial charge in [-0.3, -0.25) is 4.79 Å². The number of allylic oxidation sites excluding steroid dienone is 5. The molecule has 0 radical (unpaired) electrons. The lowest BCUT2D eigenvalue weighted by Gasteiger charge is -2.12. The van der Waals surface area contributed by atoms with Gasteiger partial charge < -0.3 is 4.74 Å². The van der Waals surface area contributed by atoms with Gasteiger partial charge in [-0.15, -0.1) is 0 Å². The van der Waals surface area contributed by atoms with E-state index in [0.717, 1.165) is 33.6 Å². The fraction of sp³-hybridized carbons (Fsp3) is 0.286. The van der Waals surface area contributed by atoms with Gasteiger partial charge in [0.25, 0.3) is 0 Å². The molecule has 0 aromatic heterocycles. The first-order valence-electron chi connectivity index (χ1n) is 7.67. The third-order valence-corrected chi connectivity index (χ3v) is 4.07. The quantitative estimate of drug-likeness (QED) is 0.495. The second kappa shape index (κ2) is 8.33. The standard InChI is InChI=1S/C21H26O2/c1-8-18(13-21(23-7)15(4)14(2)3)20-11-9-10-19(12-20)16(5)17(6)22/h8-13,16H,1-2H2,3-7H3/b18-13+,21-15+/t16-/m1/s1. The van der Waals surface area contributed by atoms with Crippen LogP contribution in [-0.4, -0.2) is 12.9 Å². The Bertz CT molecular complexity index is 675. The molecule has 122 valence electrons. The van der Waals surface area contributed by atoms with Gasteiger partial charge in [0.2, 0.25) is 0 Å². The molecule has 0 saturated heterocycles. The molecule has 2 heteroatoms. The van der Waals surface area contributed by atoms with Crippen molar-refractivity contribution < 1.29 is 9.53 Å². The topological polar surface area (TPSA) is 26.3 Å². The van der Waals surface area contributed by atoms with Gasteiger partial charge in [0.05, 0.1) is 7.11 Å². The molecule has 0 unspecified atom stereocenters. The fourth-order valence-corrected chi connectivity index (χ4v) is 2.15. The third-order valence-electron chi connectivity index (χ3n) is 4.07. The predicted molar refractivity (Wildman–Crippen MR) is 98.2 cm³/mol. The maximum atomic E-state index is 11.6. The molecule has 0 N–H and O–H groups in total. The maximum absolute atomic E-state index is 11.6. The van der Waals surface area contributed by atoms with Crippen LogP contribution in [0.1, 0.15) is 44.7 Å². The summed E-state index contributed by atoms with van der Waals surface area (Å²) >= 11 is 0. The first kappa shape index (κ1) is 18.7. The van der Waals surface area contributed by atoms with Crippen molar-refractivity contribution in [2.75, 3.05) is 7.11 Å². The van der Waals surface area contributed by atoms with E-state index in [1.807, 2.05) is 51.1 Å². The van der Waals surface area contributed by atoms with Crippen LogP contribution in [0.15, 0.2) is 66.5 Å². The highest BCUT2D eigenvalue weighted by Gasteiger charge is 2.12. The molecule has 0 aliphatic heterocycles. The first-order valence-corrected chi connectivity index (χ1v) is 7.67. The summed E-state index contributed by atoms with van der Waals surface area (Å²) in [6.07, 6.45) is 3.75. The summed E-state index contributed by atoms with van der Waals surface area (Å²) in [4.78, 5) is 11.6. The number of methoxy groups -OCH3 is 1. The molecule has 23 heavy (non-hydrogen) atoms. The summed E-state index contributed by atoms with van der Waals surface area (Å²) < 4.78 is 5.48. The van der Waals surface area contributed by atoms with Crippen LogP contribution in [0.4, 0.5) is 0 Å². The summed E-state index contributed by atoms with van der Waals surface area (Å²) in [5.74, 6) is 0.801. The van der Waals surface area contributed by atoms with Gasteiger partial charge in [0.15, 0.2) is 0 Å². The van der Waals surface area contributed by atoms with Crippen molar-refractivity contribution in [3.63, 3.8) is 0 Å². The van der Waals surface area contributed by atoms with Crippen LogP contribution < -0.4 is 0 Å². The Balaban J connectivity index is 3.36. The summed E-state index contributed by atoms with van der Waals surface area (Å²) in [5, 5.41) is 0. The lowest BCUT2D eigenvalue weighted by molar-refractivity contribution is -0.118. The molecule has 0 heterocycles. The second-order valence-electron chi connectivity index (χ2n) is 5.74. The molecule has 1 atom stereocenters. The van der Waals surface area contributed by atoms with Crippen molar-refractivity contribution in [3.8, 4) is 0 Å². The fourth-order valence-electron chi connectivity index (χ4n) is 2.15. The Kier molecular flexibility index (Phi) is 6.77. The zero-order valence-corrected chi connectivity index (χ0v) is 14.8. The van der Waals surface area contributed by atoms with Crippen LogP contribution in [0.25, 0.3) is 5.57 Å². The number of carbonyl (C=O) groups is 1. The average molecular weight is 310 g/mol. The average Bonchev–Trinajstić information content (AvgIpc) is 2.54. The number of rotatable bonds is 7. The molecule has 0 saturated carbocycles. The van der Waals surface area contributed by atoms with E-state index in [0.29, 0.717) is 0 Å². The summed E-state index contributed by atoms with van der Waals surface area (Å²) in [6.45, 7) is 15.3. The Morgan fingerprint density at radius 2 is 1.91 bits per heavy atom. The predicted octanol–water partition coefficient (Wildman–Crippen LogP) is 5.45. The monoisotopic (exact) mass is 310 g/mol. The minimum atomic E-state index is -0.115. The number of benzene rings is 1. The summed E-state index contributed by atoms with van der Waals surface area (Å²) in [7, 11) is 1.65. The van der Waals surface area contributed by atoms with Gasteiger partial charge in [-0.2, -0.15) is 0 Å². The normalized spacial score (nSPS) is 13.9. The van der Waals surface area contributed by atoms with Gasteiger partial charge >= 0.3 is 0 Å². The zero-order valence-electron chi connectivity index (χ0n) is 14.8. The number of ketones is 1. The van der Waals surface area contributed by atoms with E-state index >= 15 is 0 Å². The number of Topliss-reactive ketones (excluding diaryl/α,β-unsaturated/α-hetero) is 1. The lowest BCUT2D eigenvalue weighted by Crippen LogP contribution is -2.04. The summed E-state index contributed by atoms with van der Waals surface area (Å²) in [6, 6.07) is 7.97. The molecular weight excluding hydrogens is 284 g/mol.